The van der Waals surface area contributed by atoms with Crippen molar-refractivity contribution >= 4 is 45.2 Å². The summed E-state index contributed by atoms with van der Waals surface area (Å²) in [5, 5.41) is 28.1. The van der Waals surface area contributed by atoms with Crippen molar-refractivity contribution in [3.8, 4) is 0 Å². The number of furan rings is 1. The predicted octanol–water partition coefficient (Wildman–Crippen LogP) is 4.44. The van der Waals surface area contributed by atoms with Gasteiger partial charge in [-0.3, -0.25) is 5.01 Å². The van der Waals surface area contributed by atoms with Crippen molar-refractivity contribution in [3.05, 3.63) is 72.3 Å². The Morgan fingerprint density at radius 1 is 0.939 bits per heavy atom. The van der Waals surface area contributed by atoms with Gasteiger partial charge in [0.1, 0.15) is 24.0 Å². The Morgan fingerprint density at radius 3 is 2.52 bits per heavy atom. The summed E-state index contributed by atoms with van der Waals surface area (Å²) in [4.78, 5) is 0. The van der Waals surface area contributed by atoms with Crippen molar-refractivity contribution in [1.82, 2.24) is 0 Å². The van der Waals surface area contributed by atoms with Crippen LogP contribution in [0, 0.1) is 0 Å². The molecule has 0 atom stereocenters. The molecule has 0 bridgehead atoms. The molecule has 0 fully saturated rings. The second-order valence-corrected chi connectivity index (χ2v) is 8.77. The molecule has 0 unspecified atom stereocenters. The van der Waals surface area contributed by atoms with Crippen molar-refractivity contribution in [2.75, 3.05) is 31.3 Å². The van der Waals surface area contributed by atoms with E-state index in [1.807, 2.05) is 59.8 Å². The van der Waals surface area contributed by atoms with E-state index in [0.717, 1.165) is 39.0 Å². The average Bonchev–Trinajstić information content (AvgIpc) is 3.30. The van der Waals surface area contributed by atoms with E-state index in [0.29, 0.717) is 13.1 Å². The molecular formula is C27H28N3O3+. The molecule has 0 saturated heterocycles. The lowest BCUT2D eigenvalue weighted by Crippen LogP contribution is -2.33. The van der Waals surface area contributed by atoms with Crippen molar-refractivity contribution in [2.24, 2.45) is 5.10 Å². The van der Waals surface area contributed by atoms with Gasteiger partial charge in [-0.05, 0) is 38.1 Å². The Bertz CT molecular complexity index is 1380. The van der Waals surface area contributed by atoms with Gasteiger partial charge in [-0.2, -0.15) is 9.68 Å². The lowest BCUT2D eigenvalue weighted by molar-refractivity contribution is -0.439. The number of fused-ring (bicyclic) bond motifs is 4. The molecule has 0 amide bonds. The molecule has 0 radical (unpaired) electrons. The molecule has 168 valence electrons. The molecule has 2 N–H and O–H groups in total. The fourth-order valence-corrected chi connectivity index (χ4v) is 4.76. The number of benzene rings is 3. The van der Waals surface area contributed by atoms with Gasteiger partial charge < -0.3 is 14.6 Å². The lowest BCUT2D eigenvalue weighted by Gasteiger charge is -2.19. The summed E-state index contributed by atoms with van der Waals surface area (Å²) < 4.78 is 8.08. The third kappa shape index (κ3) is 3.61. The molecule has 4 aromatic rings. The maximum Gasteiger partial charge on any atom is 0.212 e. The quantitative estimate of drug-likeness (QED) is 0.252. The molecule has 1 aromatic heterocycles. The largest absolute Gasteiger partial charge is 0.456 e. The van der Waals surface area contributed by atoms with Gasteiger partial charge in [-0.15, -0.1) is 0 Å². The number of hydrogen-bond donors (Lipinski definition) is 2. The van der Waals surface area contributed by atoms with Crippen LogP contribution in [-0.2, 0) is 5.41 Å². The van der Waals surface area contributed by atoms with Gasteiger partial charge in [-0.1, -0.05) is 36.4 Å². The number of β-amino-alcohol motifs (C(OH)–C–C–N with tert-alkyl or cyclic N) is 1. The molecule has 0 aliphatic carbocycles. The van der Waals surface area contributed by atoms with E-state index in [9.17, 15) is 10.2 Å². The molecule has 3 aromatic carbocycles. The standard InChI is InChI=1S/C27H28N3O3/c1-27(2)22-8-4-5-9-23(22)29(13-15-31)26(27)18-28-30(14-16-32)19-11-12-25-21(17-19)20-7-3-6-10-24(20)33-25/h3-12,17-18,31-32H,13-16H2,1-2H3/q+1. The molecule has 33 heavy (non-hydrogen) atoms. The van der Waals surface area contributed by atoms with Gasteiger partial charge >= 0.3 is 0 Å². The minimum Gasteiger partial charge on any atom is -0.456 e. The number of para-hydroxylation sites is 2. The number of rotatable bonds is 7. The highest BCUT2D eigenvalue weighted by Gasteiger charge is 2.44. The van der Waals surface area contributed by atoms with Crippen LogP contribution < -0.4 is 5.01 Å². The normalized spacial score (nSPS) is 15.2. The highest BCUT2D eigenvalue weighted by Crippen LogP contribution is 2.39. The first-order chi connectivity index (χ1) is 16.0. The lowest BCUT2D eigenvalue weighted by atomic mass is 9.82. The van der Waals surface area contributed by atoms with Gasteiger partial charge in [0.25, 0.3) is 0 Å². The Morgan fingerprint density at radius 2 is 1.70 bits per heavy atom. The third-order valence-corrected chi connectivity index (χ3v) is 6.41. The van der Waals surface area contributed by atoms with Crippen LogP contribution in [0.15, 0.2) is 76.2 Å². The Balaban J connectivity index is 1.56. The summed E-state index contributed by atoms with van der Waals surface area (Å²) >= 11 is 0. The third-order valence-electron chi connectivity index (χ3n) is 6.41. The predicted molar refractivity (Wildman–Crippen MR) is 133 cm³/mol. The topological polar surface area (TPSA) is 72.2 Å². The first-order valence-electron chi connectivity index (χ1n) is 11.2. The summed E-state index contributed by atoms with van der Waals surface area (Å²) in [6.45, 7) is 5.22. The average molecular weight is 443 g/mol. The Hall–Kier alpha value is -3.48. The molecule has 0 saturated carbocycles. The molecule has 6 heteroatoms. The van der Waals surface area contributed by atoms with Gasteiger partial charge in [0.15, 0.2) is 6.54 Å². The van der Waals surface area contributed by atoms with Crippen LogP contribution in [0.3, 0.4) is 0 Å². The second kappa shape index (κ2) is 8.46. The van der Waals surface area contributed by atoms with E-state index in [-0.39, 0.29) is 18.6 Å². The molecular weight excluding hydrogens is 414 g/mol. The molecule has 0 spiro atoms. The number of hydrazone groups is 1. The van der Waals surface area contributed by atoms with Crippen LogP contribution in [0.4, 0.5) is 11.4 Å². The van der Waals surface area contributed by atoms with Gasteiger partial charge in [0.2, 0.25) is 11.4 Å². The highest BCUT2D eigenvalue weighted by atomic mass is 16.3. The summed E-state index contributed by atoms with van der Waals surface area (Å²) in [5.74, 6) is 0. The van der Waals surface area contributed by atoms with Crippen molar-refractivity contribution in [1.29, 1.82) is 0 Å². The van der Waals surface area contributed by atoms with Crippen molar-refractivity contribution in [3.63, 3.8) is 0 Å². The monoisotopic (exact) mass is 442 g/mol. The first-order valence-corrected chi connectivity index (χ1v) is 11.2. The number of hydrogen-bond acceptors (Lipinski definition) is 5. The fraction of sp³-hybridized carbons (Fsp3) is 0.259. The van der Waals surface area contributed by atoms with Crippen molar-refractivity contribution in [2.45, 2.75) is 19.3 Å². The van der Waals surface area contributed by atoms with E-state index in [2.05, 4.69) is 36.6 Å². The molecule has 5 rings (SSSR count). The van der Waals surface area contributed by atoms with Crippen molar-refractivity contribution < 1.29 is 19.2 Å². The van der Waals surface area contributed by atoms with E-state index >= 15 is 0 Å². The van der Waals surface area contributed by atoms with Crippen LogP contribution in [0.1, 0.15) is 19.4 Å². The Kier molecular flexibility index (Phi) is 5.48. The van der Waals surface area contributed by atoms with Gasteiger partial charge in [-0.25, -0.2) is 0 Å². The smallest absolute Gasteiger partial charge is 0.212 e. The fourth-order valence-electron chi connectivity index (χ4n) is 4.76. The summed E-state index contributed by atoms with van der Waals surface area (Å²) in [5.41, 5.74) is 5.60. The van der Waals surface area contributed by atoms with Crippen LogP contribution in [0.2, 0.25) is 0 Å². The molecule has 6 nitrogen and oxygen atoms in total. The van der Waals surface area contributed by atoms with Crippen LogP contribution in [0.25, 0.3) is 21.9 Å². The second-order valence-electron chi connectivity index (χ2n) is 8.77. The summed E-state index contributed by atoms with van der Waals surface area (Å²) in [6.07, 6.45) is 1.86. The zero-order chi connectivity index (χ0) is 23.0. The summed E-state index contributed by atoms with van der Waals surface area (Å²) in [7, 11) is 0. The number of anilines is 1. The first kappa shape index (κ1) is 21.4. The van der Waals surface area contributed by atoms with Gasteiger partial charge in [0, 0.05) is 22.4 Å². The number of aliphatic hydroxyl groups excluding tert-OH is 2. The zero-order valence-corrected chi connectivity index (χ0v) is 18.9. The molecule has 1 aliphatic heterocycles. The van der Waals surface area contributed by atoms with E-state index in [1.54, 1.807) is 0 Å². The maximum atomic E-state index is 9.73. The summed E-state index contributed by atoms with van der Waals surface area (Å²) in [6, 6.07) is 22.2. The van der Waals surface area contributed by atoms with E-state index in [4.69, 9.17) is 9.52 Å². The maximum absolute atomic E-state index is 9.73. The Labute approximate surface area is 192 Å². The minimum absolute atomic E-state index is 0.0270. The van der Waals surface area contributed by atoms with E-state index in [1.165, 1.54) is 5.56 Å². The van der Waals surface area contributed by atoms with Crippen LogP contribution in [-0.4, -0.2) is 53.0 Å². The van der Waals surface area contributed by atoms with Gasteiger partial charge in [0.05, 0.1) is 24.3 Å². The van der Waals surface area contributed by atoms with Crippen LogP contribution in [0.5, 0.6) is 0 Å². The SMILES string of the molecule is CC1(C)C(C=NN(CCO)c2ccc3oc4ccccc4c3c2)=[N+](CCO)c2ccccc21. The highest BCUT2D eigenvalue weighted by molar-refractivity contribution is 6.33. The van der Waals surface area contributed by atoms with Crippen LogP contribution >= 0.6 is 0 Å². The molecule has 1 aliphatic rings. The minimum atomic E-state index is -0.259. The molecule has 2 heterocycles. The zero-order valence-electron chi connectivity index (χ0n) is 18.9. The van der Waals surface area contributed by atoms with E-state index < -0.39 is 0 Å². The number of aliphatic hydroxyl groups is 2. The number of nitrogens with zero attached hydrogens (tertiary/aromatic N) is 3.